The van der Waals surface area contributed by atoms with Gasteiger partial charge >= 0.3 is 200 Å². The first-order valence-electron chi connectivity index (χ1n) is 10.7. The normalized spacial score (nSPS) is 17.0. The van der Waals surface area contributed by atoms with Crippen LogP contribution in [0.1, 0.15) is 38.3 Å². The number of aromatic nitrogens is 8. The maximum atomic E-state index is 6.08. The average Bonchev–Trinajstić information content (AvgIpc) is 3.57. The summed E-state index contributed by atoms with van der Waals surface area (Å²) >= 11 is -1.82. The molecule has 14 heteroatoms. The summed E-state index contributed by atoms with van der Waals surface area (Å²) < 4.78 is 22.7. The van der Waals surface area contributed by atoms with Gasteiger partial charge in [-0.2, -0.15) is 0 Å². The standard InChI is InChI=1S/C14H16N6O2.C6H11N3OS.Sb/c1-9(22-3)11-7-13(18-17-11)16-14-12-6-10(8-21-2)19-20(12)5-4-15-14;1-6(2,3)9-4-7-8-5(9)10-11;/h4-7,9H,1,3,8H2,2H3,(H2,15,16,17,18);4,11H,1-3H3;/q;;+1/p-1/t9-;;/m0../s1. The Morgan fingerprint density at radius 2 is 2.24 bits per heavy atom. The van der Waals surface area contributed by atoms with E-state index in [4.69, 9.17) is 13.7 Å². The Morgan fingerprint density at radius 1 is 1.35 bits per heavy atom. The first-order valence-corrected chi connectivity index (χ1v) is 18.1. The fourth-order valence-corrected chi connectivity index (χ4v) is 10.8. The Kier molecular flexibility index (Phi) is 6.69. The molecule has 2 N–H and O–H groups in total. The fraction of sp³-hybridized carbons (Fsp3) is 0.450. The van der Waals surface area contributed by atoms with Gasteiger partial charge in [-0.3, -0.25) is 0 Å². The number of hydrogen-bond acceptors (Lipinski definition) is 10. The van der Waals surface area contributed by atoms with Crippen molar-refractivity contribution in [3.05, 3.63) is 42.2 Å². The molecule has 180 valence electrons. The Hall–Kier alpha value is -2.34. The van der Waals surface area contributed by atoms with Gasteiger partial charge in [-0.05, 0) is 0 Å². The first kappa shape index (κ1) is 23.4. The second kappa shape index (κ2) is 9.73. The molecule has 0 spiro atoms. The van der Waals surface area contributed by atoms with Crippen LogP contribution < -0.4 is 9.50 Å². The summed E-state index contributed by atoms with van der Waals surface area (Å²) in [5.74, 6) is 1.34. The zero-order valence-corrected chi connectivity index (χ0v) is 22.7. The van der Waals surface area contributed by atoms with Crippen LogP contribution >= 0.6 is 9.13 Å². The van der Waals surface area contributed by atoms with Crippen LogP contribution in [-0.4, -0.2) is 70.0 Å². The number of ether oxygens (including phenoxy) is 2. The van der Waals surface area contributed by atoms with Crippen LogP contribution in [0.25, 0.3) is 5.52 Å². The van der Waals surface area contributed by atoms with E-state index in [1.54, 1.807) is 39.5 Å². The zero-order chi connectivity index (χ0) is 23.7. The molecule has 1 aliphatic rings. The quantitative estimate of drug-likeness (QED) is 0.232. The summed E-state index contributed by atoms with van der Waals surface area (Å²) in [5, 5.41) is 23.4. The van der Waals surface area contributed by atoms with Gasteiger partial charge in [-0.15, -0.1) is 0 Å². The van der Waals surface area contributed by atoms with Gasteiger partial charge in [0.1, 0.15) is 0 Å². The van der Waals surface area contributed by atoms with E-state index in [0.29, 0.717) is 24.3 Å². The number of H-pyrrole nitrogens is 1. The SMILES string of the molecule is COCc1cc2c(Nc3cc([C@@H]4[CH2][Sb]([S]Oc5nncn5C(C)(C)C)[CH2]O4)[nH]n3)nccn2n1. The topological polar surface area (TPSA) is 129 Å². The van der Waals surface area contributed by atoms with Crippen molar-refractivity contribution in [1.29, 1.82) is 0 Å². The van der Waals surface area contributed by atoms with E-state index in [-0.39, 0.29) is 11.6 Å². The number of aromatic amines is 1. The molecular weight excluding hydrogens is 568 g/mol. The van der Waals surface area contributed by atoms with Crippen LogP contribution in [0.3, 0.4) is 0 Å². The van der Waals surface area contributed by atoms with Crippen LogP contribution in [0.2, 0.25) is 4.37 Å². The number of nitrogens with zero attached hydrogens (tertiary/aromatic N) is 7. The van der Waals surface area contributed by atoms with Crippen molar-refractivity contribution in [2.24, 2.45) is 0 Å². The molecule has 0 bridgehead atoms. The van der Waals surface area contributed by atoms with Crippen molar-refractivity contribution in [3.8, 4) is 6.01 Å². The Bertz CT molecular complexity index is 1270. The molecule has 4 aromatic rings. The summed E-state index contributed by atoms with van der Waals surface area (Å²) in [6.07, 6.45) is 5.18. The van der Waals surface area contributed by atoms with Crippen LogP contribution in [0.15, 0.2) is 30.9 Å². The van der Waals surface area contributed by atoms with Gasteiger partial charge in [0.05, 0.1) is 0 Å². The van der Waals surface area contributed by atoms with Crippen molar-refractivity contribution < 1.29 is 13.7 Å². The van der Waals surface area contributed by atoms with E-state index in [9.17, 15) is 0 Å². The summed E-state index contributed by atoms with van der Waals surface area (Å²) in [6, 6.07) is 4.45. The van der Waals surface area contributed by atoms with E-state index < -0.39 is 18.8 Å². The van der Waals surface area contributed by atoms with Crippen LogP contribution in [0.4, 0.5) is 11.6 Å². The molecule has 1 saturated heterocycles. The van der Waals surface area contributed by atoms with Gasteiger partial charge in [0, 0.05) is 7.11 Å². The molecule has 1 fully saturated rings. The third kappa shape index (κ3) is 5.02. The van der Waals surface area contributed by atoms with Crippen LogP contribution in [0.5, 0.6) is 6.01 Å². The monoisotopic (exact) mass is 593 g/mol. The van der Waals surface area contributed by atoms with Crippen molar-refractivity contribution in [3.63, 3.8) is 0 Å². The van der Waals surface area contributed by atoms with E-state index >= 15 is 0 Å². The number of methoxy groups -OCH3 is 1. The third-order valence-corrected chi connectivity index (χ3v) is 13.1. The van der Waals surface area contributed by atoms with Crippen molar-refractivity contribution >= 4 is 45.1 Å². The molecule has 0 unspecified atom stereocenters. The molecule has 0 aromatic carbocycles. The van der Waals surface area contributed by atoms with E-state index in [1.165, 1.54) is 0 Å². The Labute approximate surface area is 206 Å². The molecule has 5 heterocycles. The molecule has 5 rings (SSSR count). The van der Waals surface area contributed by atoms with Gasteiger partial charge in [0.15, 0.2) is 0 Å². The number of nitrogens with one attached hydrogen (secondary N) is 2. The molecule has 4 aromatic heterocycles. The number of hydrogen-bond donors (Lipinski definition) is 2. The molecule has 12 nitrogen and oxygen atoms in total. The molecular formula is C20H26N9O3SSb. The zero-order valence-electron chi connectivity index (χ0n) is 19.3. The van der Waals surface area contributed by atoms with Crippen LogP contribution in [0, 0.1) is 0 Å². The molecule has 0 amide bonds. The van der Waals surface area contributed by atoms with Gasteiger partial charge in [0.2, 0.25) is 0 Å². The second-order valence-corrected chi connectivity index (χ2v) is 18.4. The third-order valence-electron chi connectivity index (χ3n) is 5.17. The van der Waals surface area contributed by atoms with Crippen molar-refractivity contribution in [1.82, 2.24) is 39.6 Å². The molecule has 1 aliphatic heterocycles. The Balaban J connectivity index is 1.21. The number of anilines is 2. The van der Waals surface area contributed by atoms with Gasteiger partial charge in [0.25, 0.3) is 0 Å². The molecule has 1 atom stereocenters. The van der Waals surface area contributed by atoms with Crippen LogP contribution in [-0.2, 0) is 21.6 Å². The summed E-state index contributed by atoms with van der Waals surface area (Å²) in [6.45, 7) is 6.72. The molecule has 0 radical (unpaired) electrons. The van der Waals surface area contributed by atoms with Gasteiger partial charge < -0.3 is 0 Å². The van der Waals surface area contributed by atoms with Gasteiger partial charge in [-0.25, -0.2) is 0 Å². The molecule has 0 aliphatic carbocycles. The summed E-state index contributed by atoms with van der Waals surface area (Å²) in [4.78, 5) is 4.45. The fourth-order valence-electron chi connectivity index (χ4n) is 3.51. The van der Waals surface area contributed by atoms with Crippen molar-refractivity contribution in [2.75, 3.05) is 17.0 Å². The van der Waals surface area contributed by atoms with E-state index in [1.807, 2.05) is 16.7 Å². The van der Waals surface area contributed by atoms with Crippen molar-refractivity contribution in [2.45, 2.75) is 43.4 Å². The summed E-state index contributed by atoms with van der Waals surface area (Å²) in [5.41, 5.74) is 2.48. The minimum absolute atomic E-state index is 0.0188. The predicted octanol–water partition coefficient (Wildman–Crippen LogP) is 3.02. The number of rotatable bonds is 8. The first-order chi connectivity index (χ1) is 16.4. The number of fused-ring (bicyclic) bond motifs is 1. The molecule has 0 saturated carbocycles. The second-order valence-electron chi connectivity index (χ2n) is 8.77. The Morgan fingerprint density at radius 3 is 3.06 bits per heavy atom. The predicted molar refractivity (Wildman–Crippen MR) is 128 cm³/mol. The van der Waals surface area contributed by atoms with E-state index in [2.05, 4.69) is 56.6 Å². The minimum atomic E-state index is -1.82. The average molecular weight is 594 g/mol. The van der Waals surface area contributed by atoms with E-state index in [0.717, 1.165) is 25.8 Å². The molecule has 34 heavy (non-hydrogen) atoms. The van der Waals surface area contributed by atoms with Gasteiger partial charge in [-0.1, -0.05) is 0 Å². The summed E-state index contributed by atoms with van der Waals surface area (Å²) in [7, 11) is 3.19. The maximum absolute atomic E-state index is 6.08.